The lowest BCUT2D eigenvalue weighted by molar-refractivity contribution is 0.275. The molecule has 0 saturated carbocycles. The van der Waals surface area contributed by atoms with E-state index in [0.29, 0.717) is 12.0 Å². The molecule has 0 spiro atoms. The maximum absolute atomic E-state index is 13.0. The number of aliphatic hydroxyl groups excluding tert-OH is 1. The van der Waals surface area contributed by atoms with Gasteiger partial charge in [0.05, 0.1) is 0 Å². The smallest absolute Gasteiger partial charge is 0.127 e. The fourth-order valence-electron chi connectivity index (χ4n) is 1.07. The average Bonchev–Trinajstić information content (AvgIpc) is 2.05. The molecule has 3 N–H and O–H groups in total. The molecule has 74 valence electrons. The van der Waals surface area contributed by atoms with E-state index < -0.39 is 6.04 Å². The number of rotatable bonds is 3. The minimum atomic E-state index is -0.406. The summed E-state index contributed by atoms with van der Waals surface area (Å²) < 4.78 is 13.0. The Labute approximate surface area is 83.0 Å². The second-order valence-corrected chi connectivity index (χ2v) is 2.64. The van der Waals surface area contributed by atoms with E-state index in [0.717, 1.165) is 0 Å². The number of halogens is 2. The maximum atomic E-state index is 13.0. The Hall–Kier alpha value is -0.640. The molecular weight excluding hydrogens is 193 g/mol. The van der Waals surface area contributed by atoms with Crippen LogP contribution in [0.3, 0.4) is 0 Å². The second-order valence-electron chi connectivity index (χ2n) is 2.64. The minimum absolute atomic E-state index is 0. The normalized spacial score (nSPS) is 11.9. The van der Waals surface area contributed by atoms with Crippen molar-refractivity contribution in [3.63, 3.8) is 0 Å². The zero-order valence-electron chi connectivity index (χ0n) is 7.11. The molecule has 0 radical (unpaired) electrons. The maximum Gasteiger partial charge on any atom is 0.127 e. The van der Waals surface area contributed by atoms with Crippen molar-refractivity contribution in [2.45, 2.75) is 12.5 Å². The van der Waals surface area contributed by atoms with Crippen molar-refractivity contribution in [3.05, 3.63) is 35.6 Å². The zero-order chi connectivity index (χ0) is 8.97. The molecule has 1 aromatic rings. The van der Waals surface area contributed by atoms with Gasteiger partial charge in [-0.3, -0.25) is 0 Å². The van der Waals surface area contributed by atoms with E-state index in [4.69, 9.17) is 10.8 Å². The summed E-state index contributed by atoms with van der Waals surface area (Å²) in [5.74, 6) is -0.307. The highest BCUT2D eigenvalue weighted by atomic mass is 35.5. The summed E-state index contributed by atoms with van der Waals surface area (Å²) in [6.45, 7) is -0.0184. The van der Waals surface area contributed by atoms with Gasteiger partial charge >= 0.3 is 0 Å². The van der Waals surface area contributed by atoms with Crippen LogP contribution >= 0.6 is 12.4 Å². The van der Waals surface area contributed by atoms with Crippen molar-refractivity contribution in [1.82, 2.24) is 0 Å². The van der Waals surface area contributed by atoms with Gasteiger partial charge in [-0.2, -0.15) is 0 Å². The van der Waals surface area contributed by atoms with Crippen LogP contribution in [-0.4, -0.2) is 11.7 Å². The minimum Gasteiger partial charge on any atom is -0.396 e. The van der Waals surface area contributed by atoms with Gasteiger partial charge in [-0.1, -0.05) is 18.2 Å². The quantitative estimate of drug-likeness (QED) is 0.788. The van der Waals surface area contributed by atoms with Crippen LogP contribution in [-0.2, 0) is 0 Å². The Kier molecular flexibility index (Phi) is 5.62. The molecule has 0 saturated heterocycles. The van der Waals surface area contributed by atoms with Crippen LogP contribution in [0.1, 0.15) is 18.0 Å². The molecule has 4 heteroatoms. The number of nitrogens with two attached hydrogens (primary N) is 1. The average molecular weight is 206 g/mol. The van der Waals surface area contributed by atoms with E-state index in [-0.39, 0.29) is 24.8 Å². The van der Waals surface area contributed by atoms with E-state index in [2.05, 4.69) is 0 Å². The molecule has 0 aliphatic heterocycles. The van der Waals surface area contributed by atoms with Crippen molar-refractivity contribution in [1.29, 1.82) is 0 Å². The molecule has 1 unspecified atom stereocenters. The molecule has 0 aliphatic carbocycles. The third kappa shape index (κ3) is 3.30. The van der Waals surface area contributed by atoms with Gasteiger partial charge in [0, 0.05) is 18.2 Å². The number of hydrogen-bond donors (Lipinski definition) is 2. The van der Waals surface area contributed by atoms with Crippen LogP contribution < -0.4 is 5.73 Å². The molecule has 1 rings (SSSR count). The first-order valence-electron chi connectivity index (χ1n) is 3.86. The summed E-state index contributed by atoms with van der Waals surface area (Å²) in [7, 11) is 0. The van der Waals surface area contributed by atoms with Crippen LogP contribution in [0.4, 0.5) is 4.39 Å². The molecule has 0 aliphatic rings. The van der Waals surface area contributed by atoms with Gasteiger partial charge in [0.15, 0.2) is 0 Å². The van der Waals surface area contributed by atoms with Gasteiger partial charge in [-0.25, -0.2) is 4.39 Å². The fraction of sp³-hybridized carbons (Fsp3) is 0.333. The van der Waals surface area contributed by atoms with Gasteiger partial charge in [0.1, 0.15) is 5.82 Å². The molecule has 13 heavy (non-hydrogen) atoms. The van der Waals surface area contributed by atoms with E-state index in [1.165, 1.54) is 6.07 Å². The van der Waals surface area contributed by atoms with Crippen LogP contribution in [0.5, 0.6) is 0 Å². The Bertz CT molecular complexity index is 257. The monoisotopic (exact) mass is 205 g/mol. The zero-order valence-corrected chi connectivity index (χ0v) is 7.93. The van der Waals surface area contributed by atoms with Crippen LogP contribution in [0.25, 0.3) is 0 Å². The molecule has 0 heterocycles. The standard InChI is InChI=1S/C9H12FNO.ClH/c10-8-4-2-1-3-7(8)9(11)5-6-12;/h1-4,9,12H,5-6,11H2;1H. The fourth-order valence-corrected chi connectivity index (χ4v) is 1.07. The SMILES string of the molecule is Cl.NC(CCO)c1ccccc1F. The first-order chi connectivity index (χ1) is 5.75. The van der Waals surface area contributed by atoms with E-state index in [9.17, 15) is 4.39 Å². The van der Waals surface area contributed by atoms with Crippen molar-refractivity contribution in [3.8, 4) is 0 Å². The third-order valence-corrected chi connectivity index (χ3v) is 1.74. The lowest BCUT2D eigenvalue weighted by Gasteiger charge is -2.10. The molecule has 1 aromatic carbocycles. The Balaban J connectivity index is 0.00000144. The first kappa shape index (κ1) is 12.4. The van der Waals surface area contributed by atoms with Crippen molar-refractivity contribution in [2.24, 2.45) is 5.73 Å². The van der Waals surface area contributed by atoms with Crippen LogP contribution in [0.15, 0.2) is 24.3 Å². The van der Waals surface area contributed by atoms with E-state index in [1.54, 1.807) is 18.2 Å². The largest absolute Gasteiger partial charge is 0.396 e. The molecular formula is C9H13ClFNO. The van der Waals surface area contributed by atoms with Crippen LogP contribution in [0, 0.1) is 5.82 Å². The second kappa shape index (κ2) is 5.91. The van der Waals surface area contributed by atoms with Gasteiger partial charge in [-0.05, 0) is 12.5 Å². The third-order valence-electron chi connectivity index (χ3n) is 1.74. The number of aliphatic hydroxyl groups is 1. The lowest BCUT2D eigenvalue weighted by Crippen LogP contribution is -2.13. The van der Waals surface area contributed by atoms with Gasteiger partial charge in [0.25, 0.3) is 0 Å². The van der Waals surface area contributed by atoms with Gasteiger partial charge in [0.2, 0.25) is 0 Å². The highest BCUT2D eigenvalue weighted by Gasteiger charge is 2.08. The number of hydrogen-bond acceptors (Lipinski definition) is 2. The molecule has 2 nitrogen and oxygen atoms in total. The molecule has 0 amide bonds. The van der Waals surface area contributed by atoms with Crippen molar-refractivity contribution >= 4 is 12.4 Å². The van der Waals surface area contributed by atoms with Crippen LogP contribution in [0.2, 0.25) is 0 Å². The topological polar surface area (TPSA) is 46.2 Å². The predicted octanol–water partition coefficient (Wildman–Crippen LogP) is 1.63. The summed E-state index contributed by atoms with van der Waals surface area (Å²) in [5, 5.41) is 8.59. The van der Waals surface area contributed by atoms with Crippen molar-refractivity contribution in [2.75, 3.05) is 6.61 Å². The highest BCUT2D eigenvalue weighted by Crippen LogP contribution is 2.16. The highest BCUT2D eigenvalue weighted by molar-refractivity contribution is 5.85. The Morgan fingerprint density at radius 1 is 1.38 bits per heavy atom. The molecule has 0 bridgehead atoms. The summed E-state index contributed by atoms with van der Waals surface area (Å²) >= 11 is 0. The Morgan fingerprint density at radius 3 is 2.54 bits per heavy atom. The molecule has 0 aromatic heterocycles. The Morgan fingerprint density at radius 2 is 2.00 bits per heavy atom. The predicted molar refractivity (Wildman–Crippen MR) is 52.3 cm³/mol. The molecule has 0 fully saturated rings. The summed E-state index contributed by atoms with van der Waals surface area (Å²) in [6, 6.07) is 5.94. The van der Waals surface area contributed by atoms with Crippen molar-refractivity contribution < 1.29 is 9.50 Å². The molecule has 1 atom stereocenters. The summed E-state index contributed by atoms with van der Waals surface area (Å²) in [5.41, 5.74) is 6.07. The summed E-state index contributed by atoms with van der Waals surface area (Å²) in [4.78, 5) is 0. The van der Waals surface area contributed by atoms with E-state index >= 15 is 0 Å². The first-order valence-corrected chi connectivity index (χ1v) is 3.86. The van der Waals surface area contributed by atoms with Gasteiger partial charge in [-0.15, -0.1) is 12.4 Å². The summed E-state index contributed by atoms with van der Waals surface area (Å²) in [6.07, 6.45) is 0.390. The lowest BCUT2D eigenvalue weighted by atomic mass is 10.0. The van der Waals surface area contributed by atoms with E-state index in [1.807, 2.05) is 0 Å². The van der Waals surface area contributed by atoms with Gasteiger partial charge < -0.3 is 10.8 Å². The number of benzene rings is 1.